The molecule has 0 unspecified atom stereocenters. The topological polar surface area (TPSA) is 89.5 Å². The van der Waals surface area contributed by atoms with Crippen LogP contribution in [0.15, 0.2) is 132 Å². The molecule has 5 rings (SSSR count). The van der Waals surface area contributed by atoms with Crippen LogP contribution in [0.25, 0.3) is 0 Å². The Balaban J connectivity index is 1.49. The van der Waals surface area contributed by atoms with E-state index in [4.69, 9.17) is 27.9 Å². The van der Waals surface area contributed by atoms with Gasteiger partial charge in [0.25, 0.3) is 10.1 Å². The summed E-state index contributed by atoms with van der Waals surface area (Å²) in [7, 11) is -4.10. The van der Waals surface area contributed by atoms with Crippen LogP contribution >= 0.6 is 0 Å². The summed E-state index contributed by atoms with van der Waals surface area (Å²) in [5, 5.41) is 0.989. The molecular formula is C37H40O8S. The summed E-state index contributed by atoms with van der Waals surface area (Å²) in [6.45, 7) is 2.74. The molecule has 9 heteroatoms. The second-order valence-electron chi connectivity index (χ2n) is 10.8. The number of benzene rings is 4. The van der Waals surface area contributed by atoms with Gasteiger partial charge in [0.1, 0.15) is 24.1 Å². The lowest BCUT2D eigenvalue weighted by molar-refractivity contribution is -0.223. The van der Waals surface area contributed by atoms with Crippen molar-refractivity contribution in [3.63, 3.8) is 0 Å². The monoisotopic (exact) mass is 644 g/mol. The van der Waals surface area contributed by atoms with Gasteiger partial charge in [-0.2, -0.15) is 8.42 Å². The Kier molecular flexibility index (Phi) is 12.5. The second-order valence-corrected chi connectivity index (χ2v) is 12.3. The Bertz CT molecular complexity index is 1580. The molecule has 46 heavy (non-hydrogen) atoms. The summed E-state index contributed by atoms with van der Waals surface area (Å²) in [5.41, 5.74) is 3.82. The van der Waals surface area contributed by atoms with E-state index >= 15 is 0 Å². The maximum absolute atomic E-state index is 13.0. The maximum Gasteiger partial charge on any atom is 0.293 e. The highest BCUT2D eigenvalue weighted by atomic mass is 32.2. The van der Waals surface area contributed by atoms with Crippen LogP contribution in [0.4, 0.5) is 0 Å². The lowest BCUT2D eigenvalue weighted by atomic mass is 9.97. The predicted octanol–water partition coefficient (Wildman–Crippen LogP) is 6.57. The molecule has 8 nitrogen and oxygen atoms in total. The van der Waals surface area contributed by atoms with Crippen LogP contribution in [0.1, 0.15) is 29.2 Å². The molecule has 4 aromatic carbocycles. The number of hydrogen-bond acceptors (Lipinski definition) is 8. The van der Waals surface area contributed by atoms with Gasteiger partial charge in [0.15, 0.2) is 6.10 Å². The van der Waals surface area contributed by atoms with Gasteiger partial charge in [0, 0.05) is 0 Å². The van der Waals surface area contributed by atoms with E-state index in [1.165, 1.54) is 0 Å². The summed E-state index contributed by atoms with van der Waals surface area (Å²) in [5.74, 6) is 0.0651. The second kappa shape index (κ2) is 17.2. The van der Waals surface area contributed by atoms with Gasteiger partial charge >= 0.3 is 0 Å². The fourth-order valence-corrected chi connectivity index (χ4v) is 6.01. The molecule has 0 amide bonds. The van der Waals surface area contributed by atoms with Crippen molar-refractivity contribution in [3.05, 3.63) is 155 Å². The van der Waals surface area contributed by atoms with Gasteiger partial charge in [-0.25, -0.2) is 0 Å². The standard InChI is InChI=1S/C37H40O8S/c1-2-44-46(38,39)28-34-36(42-25-31-19-11-5-12-20-31)37(43-26-32-21-13-6-14-22-32)35(41-24-30-17-9-4-10-18-30)33(45-34)27-40-23-29-15-7-3-8-16-29/h3-22,28,33,35-37H,2,23-27H2,1H3/b34-28-/t33-,35-,36+,37+/m1/s1. The fourth-order valence-electron chi connectivity index (χ4n) is 5.14. The third-order valence-corrected chi connectivity index (χ3v) is 8.42. The van der Waals surface area contributed by atoms with Gasteiger partial charge in [-0.3, -0.25) is 4.18 Å². The molecule has 1 aliphatic heterocycles. The zero-order chi connectivity index (χ0) is 32.0. The lowest BCUT2D eigenvalue weighted by Crippen LogP contribution is -2.56. The zero-order valence-corrected chi connectivity index (χ0v) is 26.7. The van der Waals surface area contributed by atoms with E-state index in [1.807, 2.05) is 121 Å². The molecule has 0 aliphatic carbocycles. The quantitative estimate of drug-likeness (QED) is 0.127. The zero-order valence-electron chi connectivity index (χ0n) is 25.9. The van der Waals surface area contributed by atoms with Crippen LogP contribution in [0.2, 0.25) is 0 Å². The van der Waals surface area contributed by atoms with E-state index in [-0.39, 0.29) is 38.8 Å². The van der Waals surface area contributed by atoms with Crippen LogP contribution in [-0.4, -0.2) is 46.0 Å². The lowest BCUT2D eigenvalue weighted by Gasteiger charge is -2.43. The van der Waals surface area contributed by atoms with Crippen LogP contribution in [0.5, 0.6) is 0 Å². The SMILES string of the molecule is CCOS(=O)(=O)/C=C1\O[C@H](COCc2ccccc2)[C@@H](OCc2ccccc2)[C@H](OCc2ccccc2)[C@H]1OCc1ccccc1. The first kappa shape index (κ1) is 33.5. The van der Waals surface area contributed by atoms with E-state index in [0.29, 0.717) is 6.61 Å². The first-order valence-electron chi connectivity index (χ1n) is 15.4. The maximum atomic E-state index is 13.0. The number of hydrogen-bond donors (Lipinski definition) is 0. The number of rotatable bonds is 16. The minimum atomic E-state index is -4.10. The summed E-state index contributed by atoms with van der Waals surface area (Å²) in [6.07, 6.45) is -3.12. The van der Waals surface area contributed by atoms with E-state index in [2.05, 4.69) is 0 Å². The van der Waals surface area contributed by atoms with Crippen molar-refractivity contribution < 1.29 is 36.3 Å². The van der Waals surface area contributed by atoms with Crippen molar-refractivity contribution in [3.8, 4) is 0 Å². The highest BCUT2D eigenvalue weighted by Gasteiger charge is 2.47. The van der Waals surface area contributed by atoms with E-state index in [1.54, 1.807) is 6.92 Å². The van der Waals surface area contributed by atoms with E-state index < -0.39 is 34.5 Å². The van der Waals surface area contributed by atoms with Crippen molar-refractivity contribution in [1.29, 1.82) is 0 Å². The number of ether oxygens (including phenoxy) is 5. The first-order valence-corrected chi connectivity index (χ1v) is 16.8. The summed E-state index contributed by atoms with van der Waals surface area (Å²) in [6, 6.07) is 39.0. The minimum absolute atomic E-state index is 0.0258. The molecule has 4 atom stereocenters. The third kappa shape index (κ3) is 10.1. The highest BCUT2D eigenvalue weighted by Crippen LogP contribution is 2.33. The normalized spacial score (nSPS) is 20.8. The Labute approximate surface area is 271 Å². The first-order chi connectivity index (χ1) is 22.5. The van der Waals surface area contributed by atoms with Crippen LogP contribution in [0.3, 0.4) is 0 Å². The molecule has 0 N–H and O–H groups in total. The van der Waals surface area contributed by atoms with Crippen molar-refractivity contribution in [2.24, 2.45) is 0 Å². The predicted molar refractivity (Wildman–Crippen MR) is 175 cm³/mol. The largest absolute Gasteiger partial charge is 0.486 e. The Morgan fingerprint density at radius 1 is 0.609 bits per heavy atom. The minimum Gasteiger partial charge on any atom is -0.486 e. The molecule has 4 aromatic rings. The Morgan fingerprint density at radius 2 is 1.04 bits per heavy atom. The van der Waals surface area contributed by atoms with Crippen molar-refractivity contribution in [2.45, 2.75) is 57.8 Å². The van der Waals surface area contributed by atoms with E-state index in [0.717, 1.165) is 27.7 Å². The molecule has 242 valence electrons. The van der Waals surface area contributed by atoms with Crippen LogP contribution < -0.4 is 0 Å². The van der Waals surface area contributed by atoms with Gasteiger partial charge in [-0.1, -0.05) is 121 Å². The molecule has 0 aromatic heterocycles. The molecule has 1 aliphatic rings. The van der Waals surface area contributed by atoms with E-state index in [9.17, 15) is 8.42 Å². The molecule has 0 spiro atoms. The van der Waals surface area contributed by atoms with Crippen LogP contribution in [0, 0.1) is 0 Å². The summed E-state index contributed by atoms with van der Waals surface area (Å²) in [4.78, 5) is 0. The molecule has 1 saturated heterocycles. The molecule has 1 heterocycles. The molecule has 0 bridgehead atoms. The molecule has 1 fully saturated rings. The van der Waals surface area contributed by atoms with Crippen LogP contribution in [-0.2, 0) is 64.4 Å². The summed E-state index contributed by atoms with van der Waals surface area (Å²) >= 11 is 0. The fraction of sp³-hybridized carbons (Fsp3) is 0.297. The average Bonchev–Trinajstić information content (AvgIpc) is 3.08. The summed E-state index contributed by atoms with van der Waals surface area (Å²) < 4.78 is 63.2. The van der Waals surface area contributed by atoms with Crippen molar-refractivity contribution >= 4 is 10.1 Å². The average molecular weight is 645 g/mol. The Hall–Kier alpha value is -3.83. The smallest absolute Gasteiger partial charge is 0.293 e. The third-order valence-electron chi connectivity index (χ3n) is 7.34. The highest BCUT2D eigenvalue weighted by molar-refractivity contribution is 7.89. The van der Waals surface area contributed by atoms with Gasteiger partial charge in [-0.15, -0.1) is 0 Å². The molecule has 0 saturated carbocycles. The van der Waals surface area contributed by atoms with Gasteiger partial charge in [-0.05, 0) is 29.2 Å². The van der Waals surface area contributed by atoms with Gasteiger partial charge in [0.05, 0.1) is 45.0 Å². The molecule has 0 radical (unpaired) electrons. The van der Waals surface area contributed by atoms with Crippen molar-refractivity contribution in [2.75, 3.05) is 13.2 Å². The van der Waals surface area contributed by atoms with Gasteiger partial charge in [0.2, 0.25) is 0 Å². The van der Waals surface area contributed by atoms with Crippen molar-refractivity contribution in [1.82, 2.24) is 0 Å². The van der Waals surface area contributed by atoms with Gasteiger partial charge < -0.3 is 23.7 Å². The molecular weight excluding hydrogens is 604 g/mol. The Morgan fingerprint density at radius 3 is 1.52 bits per heavy atom.